The Morgan fingerprint density at radius 2 is 2.21 bits per heavy atom. The maximum absolute atomic E-state index is 12.0. The van der Waals surface area contributed by atoms with Crippen molar-refractivity contribution in [1.29, 1.82) is 0 Å². The van der Waals surface area contributed by atoms with Gasteiger partial charge in [-0.25, -0.2) is 0 Å². The number of hydrogen-bond acceptors (Lipinski definition) is 3. The van der Waals surface area contributed by atoms with Crippen molar-refractivity contribution < 1.29 is 4.79 Å². The summed E-state index contributed by atoms with van der Waals surface area (Å²) in [4.78, 5) is 14.8. The lowest BCUT2D eigenvalue weighted by Gasteiger charge is -2.20. The summed E-state index contributed by atoms with van der Waals surface area (Å²) < 4.78 is 0. The Morgan fingerprint density at radius 1 is 1.53 bits per heavy atom. The van der Waals surface area contributed by atoms with Gasteiger partial charge in [-0.3, -0.25) is 4.79 Å². The summed E-state index contributed by atoms with van der Waals surface area (Å²) in [5, 5.41) is 0.520. The molecule has 0 unspecified atom stereocenters. The molecule has 1 amide bonds. The van der Waals surface area contributed by atoms with Gasteiger partial charge in [-0.15, -0.1) is 11.8 Å². The highest BCUT2D eigenvalue weighted by molar-refractivity contribution is 8.00. The average Bonchev–Trinajstić information content (AvgIpc) is 2.36. The smallest absolute Gasteiger partial charge is 0.233 e. The largest absolute Gasteiger partial charge is 0.398 e. The van der Waals surface area contributed by atoms with E-state index in [9.17, 15) is 4.79 Å². The van der Waals surface area contributed by atoms with Gasteiger partial charge in [0.2, 0.25) is 5.91 Å². The Balaban J connectivity index is 2.57. The number of thioether (sulfide) groups is 1. The number of rotatable bonds is 6. The monoisotopic (exact) mass is 298 g/mol. The highest BCUT2D eigenvalue weighted by Crippen LogP contribution is 2.26. The standard InChI is InChI=1S/C14H19ClN2OS/c1-4-17(8-10(2)3)14(18)9-19-11-5-6-13(16)12(15)7-11/h5-7H,2,4,8-9,16H2,1,3H3. The van der Waals surface area contributed by atoms with Crippen LogP contribution >= 0.6 is 23.4 Å². The van der Waals surface area contributed by atoms with E-state index in [0.717, 1.165) is 10.5 Å². The molecule has 2 N–H and O–H groups in total. The number of amides is 1. The maximum atomic E-state index is 12.0. The SMILES string of the molecule is C=C(C)CN(CC)C(=O)CSc1ccc(N)c(Cl)c1. The average molecular weight is 299 g/mol. The van der Waals surface area contributed by atoms with Crippen molar-refractivity contribution in [2.75, 3.05) is 24.6 Å². The summed E-state index contributed by atoms with van der Waals surface area (Å²) >= 11 is 7.40. The van der Waals surface area contributed by atoms with Crippen molar-refractivity contribution in [2.45, 2.75) is 18.7 Å². The zero-order valence-corrected chi connectivity index (χ0v) is 12.9. The van der Waals surface area contributed by atoms with Crippen molar-refractivity contribution in [3.8, 4) is 0 Å². The molecule has 0 bridgehead atoms. The van der Waals surface area contributed by atoms with Gasteiger partial charge in [0.05, 0.1) is 16.5 Å². The lowest BCUT2D eigenvalue weighted by atomic mass is 10.3. The van der Waals surface area contributed by atoms with Crippen molar-refractivity contribution in [3.05, 3.63) is 35.4 Å². The Hall–Kier alpha value is -1.13. The molecule has 0 aliphatic carbocycles. The molecule has 19 heavy (non-hydrogen) atoms. The number of nitrogens with two attached hydrogens (primary N) is 1. The molecule has 0 atom stereocenters. The molecule has 0 aliphatic heterocycles. The molecule has 0 radical (unpaired) electrons. The second kappa shape index (κ2) is 7.46. The topological polar surface area (TPSA) is 46.3 Å². The number of nitrogen functional groups attached to an aromatic ring is 1. The number of hydrogen-bond donors (Lipinski definition) is 1. The summed E-state index contributed by atoms with van der Waals surface area (Å²) in [6, 6.07) is 5.40. The summed E-state index contributed by atoms with van der Waals surface area (Å²) in [6.07, 6.45) is 0. The van der Waals surface area contributed by atoms with Crippen LogP contribution in [0.3, 0.4) is 0 Å². The first-order valence-corrected chi connectivity index (χ1v) is 7.40. The van der Waals surface area contributed by atoms with Gasteiger partial charge in [-0.2, -0.15) is 0 Å². The van der Waals surface area contributed by atoms with E-state index in [0.29, 0.717) is 29.6 Å². The molecule has 1 rings (SSSR count). The van der Waals surface area contributed by atoms with Crippen LogP contribution in [0.5, 0.6) is 0 Å². The molecule has 1 aromatic carbocycles. The van der Waals surface area contributed by atoms with Gasteiger partial charge in [-0.05, 0) is 32.0 Å². The molecular formula is C14H19ClN2OS. The Bertz CT molecular complexity index is 477. The molecule has 0 heterocycles. The van der Waals surface area contributed by atoms with Crippen molar-refractivity contribution >= 4 is 35.0 Å². The zero-order valence-electron chi connectivity index (χ0n) is 11.3. The number of anilines is 1. The number of nitrogens with zero attached hydrogens (tertiary/aromatic N) is 1. The number of likely N-dealkylation sites (N-methyl/N-ethyl adjacent to an activating group) is 1. The van der Waals surface area contributed by atoms with Crippen LogP contribution in [0.2, 0.25) is 5.02 Å². The zero-order chi connectivity index (χ0) is 14.4. The van der Waals surface area contributed by atoms with Crippen LogP contribution in [0.1, 0.15) is 13.8 Å². The lowest BCUT2D eigenvalue weighted by molar-refractivity contribution is -0.127. The third-order valence-corrected chi connectivity index (χ3v) is 3.84. The minimum Gasteiger partial charge on any atom is -0.398 e. The number of carbonyl (C=O) groups is 1. The molecular weight excluding hydrogens is 280 g/mol. The number of benzene rings is 1. The van der Waals surface area contributed by atoms with Crippen molar-refractivity contribution in [1.82, 2.24) is 4.90 Å². The van der Waals surface area contributed by atoms with E-state index in [-0.39, 0.29) is 5.91 Å². The van der Waals surface area contributed by atoms with Crippen molar-refractivity contribution in [3.63, 3.8) is 0 Å². The molecule has 5 heteroatoms. The fourth-order valence-electron chi connectivity index (χ4n) is 1.54. The van der Waals surface area contributed by atoms with E-state index >= 15 is 0 Å². The Kier molecular flexibility index (Phi) is 6.25. The first-order chi connectivity index (χ1) is 8.93. The molecule has 0 saturated heterocycles. The third kappa shape index (κ3) is 5.17. The highest BCUT2D eigenvalue weighted by atomic mass is 35.5. The van der Waals surface area contributed by atoms with Crippen molar-refractivity contribution in [2.24, 2.45) is 0 Å². The van der Waals surface area contributed by atoms with E-state index in [1.165, 1.54) is 11.8 Å². The molecule has 0 saturated carbocycles. The van der Waals surface area contributed by atoms with Crippen LogP contribution in [-0.2, 0) is 4.79 Å². The van der Waals surface area contributed by atoms with Crippen LogP contribution in [-0.4, -0.2) is 29.6 Å². The molecule has 1 aromatic rings. The first kappa shape index (κ1) is 15.9. The molecule has 3 nitrogen and oxygen atoms in total. The summed E-state index contributed by atoms with van der Waals surface area (Å²) in [5.74, 6) is 0.491. The van der Waals surface area contributed by atoms with Gasteiger partial charge >= 0.3 is 0 Å². The minimum atomic E-state index is 0.100. The normalized spacial score (nSPS) is 10.3. The number of halogens is 1. The fourth-order valence-corrected chi connectivity index (χ4v) is 2.62. The number of carbonyl (C=O) groups excluding carboxylic acids is 1. The molecule has 0 spiro atoms. The van der Waals surface area contributed by atoms with Gasteiger partial charge in [0.15, 0.2) is 0 Å². The maximum Gasteiger partial charge on any atom is 0.233 e. The van der Waals surface area contributed by atoms with Crippen LogP contribution < -0.4 is 5.73 Å². The van der Waals surface area contributed by atoms with E-state index in [2.05, 4.69) is 6.58 Å². The summed E-state index contributed by atoms with van der Waals surface area (Å²) in [7, 11) is 0. The van der Waals surface area contributed by atoms with Crippen LogP contribution in [0, 0.1) is 0 Å². The third-order valence-electron chi connectivity index (χ3n) is 2.53. The fraction of sp³-hybridized carbons (Fsp3) is 0.357. The van der Waals surface area contributed by atoms with Gasteiger partial charge in [0.1, 0.15) is 0 Å². The van der Waals surface area contributed by atoms with E-state index in [4.69, 9.17) is 17.3 Å². The lowest BCUT2D eigenvalue weighted by Crippen LogP contribution is -2.33. The Morgan fingerprint density at radius 3 is 2.74 bits per heavy atom. The summed E-state index contributed by atoms with van der Waals surface area (Å²) in [5.41, 5.74) is 7.18. The van der Waals surface area contributed by atoms with Crippen LogP contribution in [0.15, 0.2) is 35.2 Å². The van der Waals surface area contributed by atoms with E-state index in [1.807, 2.05) is 19.9 Å². The van der Waals surface area contributed by atoms with E-state index in [1.54, 1.807) is 17.0 Å². The Labute approximate surface area is 123 Å². The molecule has 0 aromatic heterocycles. The van der Waals surface area contributed by atoms with Gasteiger partial charge in [0.25, 0.3) is 0 Å². The van der Waals surface area contributed by atoms with Gasteiger partial charge in [-0.1, -0.05) is 23.8 Å². The van der Waals surface area contributed by atoms with Crippen LogP contribution in [0.4, 0.5) is 5.69 Å². The molecule has 0 aliphatic rings. The minimum absolute atomic E-state index is 0.100. The highest BCUT2D eigenvalue weighted by Gasteiger charge is 2.12. The summed E-state index contributed by atoms with van der Waals surface area (Å²) in [6.45, 7) is 9.01. The van der Waals surface area contributed by atoms with E-state index < -0.39 is 0 Å². The molecule has 104 valence electrons. The van der Waals surface area contributed by atoms with Gasteiger partial charge in [0, 0.05) is 18.0 Å². The van der Waals surface area contributed by atoms with Crippen LogP contribution in [0.25, 0.3) is 0 Å². The van der Waals surface area contributed by atoms with Gasteiger partial charge < -0.3 is 10.6 Å². The second-order valence-corrected chi connectivity index (χ2v) is 5.79. The first-order valence-electron chi connectivity index (χ1n) is 6.04. The second-order valence-electron chi connectivity index (χ2n) is 4.34. The predicted molar refractivity (Wildman–Crippen MR) is 83.7 cm³/mol. The quantitative estimate of drug-likeness (QED) is 0.497. The predicted octanol–water partition coefficient (Wildman–Crippen LogP) is 3.44. The molecule has 0 fully saturated rings.